The third kappa shape index (κ3) is 4.09. The zero-order chi connectivity index (χ0) is 21.9. The number of halogens is 1. The number of rotatable bonds is 4. The van der Waals surface area contributed by atoms with Crippen LogP contribution in [0, 0.1) is 5.82 Å². The highest BCUT2D eigenvalue weighted by Gasteiger charge is 2.30. The van der Waals surface area contributed by atoms with E-state index < -0.39 is 0 Å². The molecule has 2 amide bonds. The number of nitrogens with one attached hydrogen (secondary N) is 1. The van der Waals surface area contributed by atoms with Crippen LogP contribution in [0.2, 0.25) is 0 Å². The monoisotopic (exact) mass is 428 g/mol. The maximum atomic E-state index is 13.5. The first-order valence-electron chi connectivity index (χ1n) is 10.4. The Labute approximate surface area is 184 Å². The smallest absolute Gasteiger partial charge is 0.318 e. The second kappa shape index (κ2) is 8.63. The molecule has 160 valence electrons. The minimum absolute atomic E-state index is 0.0726. The van der Waals surface area contributed by atoms with Gasteiger partial charge in [-0.1, -0.05) is 71.9 Å². The molecular weight excluding hydrogens is 407 g/mol. The second-order valence-electron chi connectivity index (χ2n) is 7.71. The van der Waals surface area contributed by atoms with Gasteiger partial charge in [0, 0.05) is 12.1 Å². The number of nitrogens with zero attached hydrogens (tertiary/aromatic N) is 3. The van der Waals surface area contributed by atoms with E-state index in [-0.39, 0.29) is 36.2 Å². The fraction of sp³-hybridized carbons (Fsp3) is 0.160. The number of aromatic nitrogens is 2. The molecule has 32 heavy (non-hydrogen) atoms. The summed E-state index contributed by atoms with van der Waals surface area (Å²) in [7, 11) is 0. The van der Waals surface area contributed by atoms with Crippen molar-refractivity contribution in [1.82, 2.24) is 20.4 Å². The van der Waals surface area contributed by atoms with Crippen LogP contribution in [0.4, 0.5) is 9.18 Å². The van der Waals surface area contributed by atoms with E-state index in [1.165, 1.54) is 17.7 Å². The number of amides is 2. The molecule has 1 unspecified atom stereocenters. The number of hydrogen-bond donors (Lipinski definition) is 1. The van der Waals surface area contributed by atoms with Crippen LogP contribution in [0.5, 0.6) is 0 Å². The lowest BCUT2D eigenvalue weighted by Gasteiger charge is -2.37. The molecule has 0 radical (unpaired) electrons. The molecule has 1 aliphatic heterocycles. The molecule has 1 aliphatic rings. The van der Waals surface area contributed by atoms with E-state index in [0.29, 0.717) is 12.1 Å². The fourth-order valence-corrected chi connectivity index (χ4v) is 4.03. The molecular formula is C25H21FN4O2. The Kier molecular flexibility index (Phi) is 5.37. The number of carbonyl (C=O) groups is 1. The number of urea groups is 1. The average Bonchev–Trinajstić information content (AvgIpc) is 3.31. The van der Waals surface area contributed by atoms with Crippen LogP contribution in [0.3, 0.4) is 0 Å². The van der Waals surface area contributed by atoms with Crippen LogP contribution in [-0.4, -0.2) is 21.1 Å². The predicted molar refractivity (Wildman–Crippen MR) is 117 cm³/mol. The quantitative estimate of drug-likeness (QED) is 0.503. The van der Waals surface area contributed by atoms with Crippen molar-refractivity contribution in [2.45, 2.75) is 25.6 Å². The average molecular weight is 428 g/mol. The minimum Gasteiger partial charge on any atom is -0.337 e. The maximum absolute atomic E-state index is 13.5. The van der Waals surface area contributed by atoms with Crippen molar-refractivity contribution in [3.05, 3.63) is 107 Å². The highest BCUT2D eigenvalue weighted by atomic mass is 19.1. The van der Waals surface area contributed by atoms with Gasteiger partial charge in [0.1, 0.15) is 5.82 Å². The second-order valence-corrected chi connectivity index (χ2v) is 7.71. The zero-order valence-corrected chi connectivity index (χ0v) is 17.2. The van der Waals surface area contributed by atoms with Crippen LogP contribution in [-0.2, 0) is 19.5 Å². The van der Waals surface area contributed by atoms with Gasteiger partial charge in [-0.25, -0.2) is 9.18 Å². The summed E-state index contributed by atoms with van der Waals surface area (Å²) >= 11 is 0. The molecule has 0 saturated carbocycles. The Morgan fingerprint density at radius 3 is 2.62 bits per heavy atom. The summed E-state index contributed by atoms with van der Waals surface area (Å²) in [5.41, 5.74) is 3.99. The van der Waals surface area contributed by atoms with Gasteiger partial charge < -0.3 is 14.7 Å². The number of carbonyl (C=O) groups excluding carboxylic acids is 1. The predicted octanol–water partition coefficient (Wildman–Crippen LogP) is 4.88. The largest absolute Gasteiger partial charge is 0.337 e. The maximum Gasteiger partial charge on any atom is 0.318 e. The molecule has 1 atom stereocenters. The molecule has 2 heterocycles. The number of fused-ring (bicyclic) bond motifs is 1. The highest BCUT2D eigenvalue weighted by molar-refractivity contribution is 5.75. The first-order chi connectivity index (χ1) is 15.7. The number of benzene rings is 3. The van der Waals surface area contributed by atoms with Gasteiger partial charge in [-0.05, 0) is 35.2 Å². The van der Waals surface area contributed by atoms with Crippen LogP contribution >= 0.6 is 0 Å². The molecule has 1 N–H and O–H groups in total. The van der Waals surface area contributed by atoms with E-state index in [0.717, 1.165) is 17.5 Å². The highest BCUT2D eigenvalue weighted by Crippen LogP contribution is 2.33. The van der Waals surface area contributed by atoms with Crippen LogP contribution < -0.4 is 5.32 Å². The van der Waals surface area contributed by atoms with E-state index in [9.17, 15) is 9.18 Å². The Morgan fingerprint density at radius 1 is 1.03 bits per heavy atom. The summed E-state index contributed by atoms with van der Waals surface area (Å²) in [6.45, 7) is 0.598. The fourth-order valence-electron chi connectivity index (χ4n) is 4.03. The minimum atomic E-state index is -0.375. The van der Waals surface area contributed by atoms with Crippen molar-refractivity contribution in [1.29, 1.82) is 0 Å². The third-order valence-electron chi connectivity index (χ3n) is 5.64. The van der Waals surface area contributed by atoms with Gasteiger partial charge in [-0.3, -0.25) is 0 Å². The summed E-state index contributed by atoms with van der Waals surface area (Å²) in [5.74, 6) is 0.161. The molecule has 1 aromatic heterocycles. The SMILES string of the molecule is O=C(NCc1nc(-c2cccc(F)c2)no1)N1Cc2ccccc2CC1c1ccccc1. The van der Waals surface area contributed by atoms with Crippen molar-refractivity contribution in [2.24, 2.45) is 0 Å². The third-order valence-corrected chi connectivity index (χ3v) is 5.64. The molecule has 5 rings (SSSR count). The Balaban J connectivity index is 1.32. The molecule has 6 nitrogen and oxygen atoms in total. The number of hydrogen-bond acceptors (Lipinski definition) is 4. The lowest BCUT2D eigenvalue weighted by Crippen LogP contribution is -2.44. The summed E-state index contributed by atoms with van der Waals surface area (Å²) in [6, 6.07) is 23.9. The van der Waals surface area contributed by atoms with Crippen molar-refractivity contribution >= 4 is 6.03 Å². The molecule has 0 spiro atoms. The van der Waals surface area contributed by atoms with Gasteiger partial charge in [-0.2, -0.15) is 4.98 Å². The van der Waals surface area contributed by atoms with Crippen molar-refractivity contribution < 1.29 is 13.7 Å². The summed E-state index contributed by atoms with van der Waals surface area (Å²) in [4.78, 5) is 19.3. The van der Waals surface area contributed by atoms with Gasteiger partial charge in [0.25, 0.3) is 0 Å². The van der Waals surface area contributed by atoms with Crippen molar-refractivity contribution in [3.63, 3.8) is 0 Å². The van der Waals surface area contributed by atoms with Crippen molar-refractivity contribution in [3.8, 4) is 11.4 Å². The molecule has 4 aromatic rings. The van der Waals surface area contributed by atoms with E-state index in [1.807, 2.05) is 47.4 Å². The van der Waals surface area contributed by atoms with Crippen LogP contribution in [0.1, 0.15) is 28.6 Å². The van der Waals surface area contributed by atoms with Gasteiger partial charge in [-0.15, -0.1) is 0 Å². The first kappa shape index (κ1) is 19.9. The van der Waals surface area contributed by atoms with E-state index >= 15 is 0 Å². The van der Waals surface area contributed by atoms with Crippen LogP contribution in [0.25, 0.3) is 11.4 Å². The van der Waals surface area contributed by atoms with E-state index in [4.69, 9.17) is 4.52 Å². The molecule has 0 bridgehead atoms. The normalized spacial score (nSPS) is 15.3. The van der Waals surface area contributed by atoms with Gasteiger partial charge in [0.15, 0.2) is 0 Å². The van der Waals surface area contributed by atoms with E-state index in [1.54, 1.807) is 12.1 Å². The van der Waals surface area contributed by atoms with Gasteiger partial charge in [0.2, 0.25) is 11.7 Å². The topological polar surface area (TPSA) is 71.3 Å². The standard InChI is InChI=1S/C25H21FN4O2/c26-21-12-6-11-19(13-21)24-28-23(32-29-24)15-27-25(31)30-16-20-10-5-4-9-18(20)14-22(30)17-7-2-1-3-8-17/h1-13,22H,14-16H2,(H,27,31). The molecule has 0 fully saturated rings. The molecule has 0 aliphatic carbocycles. The Hall–Kier alpha value is -4.00. The summed E-state index contributed by atoms with van der Waals surface area (Å²) < 4.78 is 18.7. The van der Waals surface area contributed by atoms with Crippen LogP contribution in [0.15, 0.2) is 83.4 Å². The lowest BCUT2D eigenvalue weighted by atomic mass is 9.90. The van der Waals surface area contributed by atoms with E-state index in [2.05, 4.69) is 27.6 Å². The van der Waals surface area contributed by atoms with Gasteiger partial charge >= 0.3 is 6.03 Å². The summed E-state index contributed by atoms with van der Waals surface area (Å²) in [5, 5.41) is 6.78. The first-order valence-corrected chi connectivity index (χ1v) is 10.4. The zero-order valence-electron chi connectivity index (χ0n) is 17.2. The Morgan fingerprint density at radius 2 is 1.81 bits per heavy atom. The van der Waals surface area contributed by atoms with Crippen molar-refractivity contribution in [2.75, 3.05) is 0 Å². The lowest BCUT2D eigenvalue weighted by molar-refractivity contribution is 0.161. The van der Waals surface area contributed by atoms with Gasteiger partial charge in [0.05, 0.1) is 12.6 Å². The Bertz CT molecular complexity index is 1240. The molecule has 7 heteroatoms. The molecule has 3 aromatic carbocycles. The summed E-state index contributed by atoms with van der Waals surface area (Å²) in [6.07, 6.45) is 0.748. The molecule has 0 saturated heterocycles.